The third-order valence-electron chi connectivity index (χ3n) is 7.43. The number of hydrogen-bond acceptors (Lipinski definition) is 3. The maximum Gasteiger partial charge on any atom is 0.254 e. The molecule has 5 aromatic rings. The number of hydrogen-bond donors (Lipinski definition) is 1. The SMILES string of the molecule is CN(C)c1ccc(CN(CCc2c[nH]c3ccccc23)C(=O)CN(Cc2ccccc2)C(=O)c2ccc(Br)cc2)cc1. The van der Waals surface area contributed by atoms with Crippen LogP contribution in [0.3, 0.4) is 0 Å². The lowest BCUT2D eigenvalue weighted by molar-refractivity contribution is -0.132. The van der Waals surface area contributed by atoms with Gasteiger partial charge >= 0.3 is 0 Å². The minimum Gasteiger partial charge on any atom is -0.378 e. The van der Waals surface area contributed by atoms with Gasteiger partial charge in [0.2, 0.25) is 5.91 Å². The lowest BCUT2D eigenvalue weighted by Gasteiger charge is -2.28. The number of fused-ring (bicyclic) bond motifs is 1. The maximum atomic E-state index is 14.0. The van der Waals surface area contributed by atoms with E-state index in [1.165, 1.54) is 5.56 Å². The Balaban J connectivity index is 1.40. The third kappa shape index (κ3) is 7.28. The highest BCUT2D eigenvalue weighted by Crippen LogP contribution is 2.20. The Bertz CT molecular complexity index is 1630. The van der Waals surface area contributed by atoms with Gasteiger partial charge in [0.05, 0.1) is 0 Å². The normalized spacial score (nSPS) is 10.9. The zero-order valence-corrected chi connectivity index (χ0v) is 25.5. The van der Waals surface area contributed by atoms with E-state index in [-0.39, 0.29) is 18.4 Å². The molecule has 0 atom stereocenters. The van der Waals surface area contributed by atoms with Crippen molar-refractivity contribution in [1.82, 2.24) is 14.8 Å². The number of amides is 2. The van der Waals surface area contributed by atoms with E-state index in [0.717, 1.165) is 32.2 Å². The molecule has 0 unspecified atom stereocenters. The highest BCUT2D eigenvalue weighted by atomic mass is 79.9. The minimum atomic E-state index is -0.174. The predicted octanol–water partition coefficient (Wildman–Crippen LogP) is 6.91. The van der Waals surface area contributed by atoms with Gasteiger partial charge in [-0.3, -0.25) is 9.59 Å². The van der Waals surface area contributed by atoms with Crippen molar-refractivity contribution in [1.29, 1.82) is 0 Å². The monoisotopic (exact) mass is 622 g/mol. The van der Waals surface area contributed by atoms with Crippen molar-refractivity contribution < 1.29 is 9.59 Å². The second-order valence-corrected chi connectivity index (χ2v) is 11.6. The van der Waals surface area contributed by atoms with E-state index < -0.39 is 0 Å². The molecule has 42 heavy (non-hydrogen) atoms. The number of carbonyl (C=O) groups is 2. The van der Waals surface area contributed by atoms with Crippen LogP contribution in [0.5, 0.6) is 0 Å². The lowest BCUT2D eigenvalue weighted by atomic mass is 10.1. The van der Waals surface area contributed by atoms with E-state index in [1.54, 1.807) is 17.0 Å². The Kier molecular flexibility index (Phi) is 9.39. The molecule has 1 N–H and O–H groups in total. The Morgan fingerprint density at radius 3 is 2.10 bits per heavy atom. The van der Waals surface area contributed by atoms with Gasteiger partial charge in [-0.15, -0.1) is 0 Å². The van der Waals surface area contributed by atoms with Gasteiger partial charge in [0, 0.05) is 66.6 Å². The van der Waals surface area contributed by atoms with Gasteiger partial charge in [0.1, 0.15) is 6.54 Å². The molecule has 214 valence electrons. The molecular weight excluding hydrogens is 588 g/mol. The van der Waals surface area contributed by atoms with Crippen molar-refractivity contribution >= 4 is 44.3 Å². The Morgan fingerprint density at radius 1 is 0.738 bits per heavy atom. The zero-order chi connectivity index (χ0) is 29.5. The first-order valence-corrected chi connectivity index (χ1v) is 14.8. The lowest BCUT2D eigenvalue weighted by Crippen LogP contribution is -2.43. The van der Waals surface area contributed by atoms with E-state index >= 15 is 0 Å². The van der Waals surface area contributed by atoms with Crippen LogP contribution in [0.1, 0.15) is 27.0 Å². The van der Waals surface area contributed by atoms with Crippen LogP contribution in [0.4, 0.5) is 5.69 Å². The first kappa shape index (κ1) is 29.1. The van der Waals surface area contributed by atoms with Crippen LogP contribution in [0.15, 0.2) is 114 Å². The van der Waals surface area contributed by atoms with Crippen molar-refractivity contribution in [3.05, 3.63) is 136 Å². The fourth-order valence-corrected chi connectivity index (χ4v) is 5.31. The molecule has 0 saturated carbocycles. The van der Waals surface area contributed by atoms with Crippen LogP contribution in [0.2, 0.25) is 0 Å². The molecule has 0 fully saturated rings. The summed E-state index contributed by atoms with van der Waals surface area (Å²) < 4.78 is 0.897. The highest BCUT2D eigenvalue weighted by Gasteiger charge is 2.23. The summed E-state index contributed by atoms with van der Waals surface area (Å²) in [6, 6.07) is 33.5. The van der Waals surface area contributed by atoms with Crippen LogP contribution < -0.4 is 4.90 Å². The fraction of sp³-hybridized carbons (Fsp3) is 0.200. The minimum absolute atomic E-state index is 0.0204. The maximum absolute atomic E-state index is 14.0. The number of aromatic amines is 1. The summed E-state index contributed by atoms with van der Waals surface area (Å²) in [7, 11) is 4.02. The van der Waals surface area contributed by atoms with Gasteiger partial charge in [-0.05, 0) is 65.6 Å². The van der Waals surface area contributed by atoms with Crippen molar-refractivity contribution in [2.45, 2.75) is 19.5 Å². The van der Waals surface area contributed by atoms with Gasteiger partial charge in [0.15, 0.2) is 0 Å². The van der Waals surface area contributed by atoms with Gasteiger partial charge in [-0.2, -0.15) is 0 Å². The average Bonchev–Trinajstić information content (AvgIpc) is 3.42. The molecule has 0 radical (unpaired) electrons. The van der Waals surface area contributed by atoms with Crippen molar-refractivity contribution in [3.63, 3.8) is 0 Å². The zero-order valence-electron chi connectivity index (χ0n) is 24.0. The van der Waals surface area contributed by atoms with Crippen molar-refractivity contribution in [3.8, 4) is 0 Å². The van der Waals surface area contributed by atoms with Gasteiger partial charge in [-0.1, -0.05) is 76.6 Å². The predicted molar refractivity (Wildman–Crippen MR) is 174 cm³/mol. The summed E-state index contributed by atoms with van der Waals surface area (Å²) in [4.78, 5) is 36.7. The van der Waals surface area contributed by atoms with Crippen LogP contribution in [0, 0.1) is 0 Å². The van der Waals surface area contributed by atoms with Gasteiger partial charge in [-0.25, -0.2) is 0 Å². The number of aromatic nitrogens is 1. The Morgan fingerprint density at radius 2 is 1.38 bits per heavy atom. The molecule has 5 rings (SSSR count). The molecular formula is C35H35BrN4O2. The molecule has 4 aromatic carbocycles. The molecule has 0 spiro atoms. The van der Waals surface area contributed by atoms with Crippen molar-refractivity contribution in [2.75, 3.05) is 32.1 Å². The number of para-hydroxylation sites is 1. The summed E-state index contributed by atoms with van der Waals surface area (Å²) in [5, 5.41) is 1.16. The molecule has 0 saturated heterocycles. The van der Waals surface area contributed by atoms with Crippen molar-refractivity contribution in [2.24, 2.45) is 0 Å². The number of halogens is 1. The number of nitrogens with one attached hydrogen (secondary N) is 1. The van der Waals surface area contributed by atoms with Crippen LogP contribution >= 0.6 is 15.9 Å². The number of nitrogens with zero attached hydrogens (tertiary/aromatic N) is 3. The molecule has 6 nitrogen and oxygen atoms in total. The first-order chi connectivity index (χ1) is 20.4. The largest absolute Gasteiger partial charge is 0.378 e. The molecule has 7 heteroatoms. The number of rotatable bonds is 11. The first-order valence-electron chi connectivity index (χ1n) is 14.0. The average molecular weight is 624 g/mol. The molecule has 1 aromatic heterocycles. The molecule has 0 bridgehead atoms. The summed E-state index contributed by atoms with van der Waals surface area (Å²) >= 11 is 3.45. The smallest absolute Gasteiger partial charge is 0.254 e. The van der Waals surface area contributed by atoms with Gasteiger partial charge < -0.3 is 19.7 Å². The second-order valence-electron chi connectivity index (χ2n) is 10.6. The molecule has 0 aliphatic carbocycles. The molecule has 0 aliphatic heterocycles. The number of anilines is 1. The Labute approximate surface area is 255 Å². The van der Waals surface area contributed by atoms with E-state index in [4.69, 9.17) is 0 Å². The topological polar surface area (TPSA) is 59.7 Å². The second kappa shape index (κ2) is 13.5. The van der Waals surface area contributed by atoms with E-state index in [1.807, 2.05) is 79.8 Å². The van der Waals surface area contributed by atoms with E-state index in [0.29, 0.717) is 31.6 Å². The number of carbonyl (C=O) groups excluding carboxylic acids is 2. The highest BCUT2D eigenvalue weighted by molar-refractivity contribution is 9.10. The van der Waals surface area contributed by atoms with Crippen LogP contribution in [0.25, 0.3) is 10.9 Å². The van der Waals surface area contributed by atoms with E-state index in [2.05, 4.69) is 62.2 Å². The summed E-state index contributed by atoms with van der Waals surface area (Å²) in [6.45, 7) is 1.31. The van der Waals surface area contributed by atoms with Crippen LogP contribution in [-0.2, 0) is 24.3 Å². The third-order valence-corrected chi connectivity index (χ3v) is 7.95. The number of benzene rings is 4. The van der Waals surface area contributed by atoms with Gasteiger partial charge in [0.25, 0.3) is 5.91 Å². The standard InChI is InChI=1S/C35H35BrN4O2/c1-38(2)31-18-12-27(13-19-31)23-39(21-20-29-22-37-33-11-7-6-10-32(29)33)34(41)25-40(24-26-8-4-3-5-9-26)35(42)28-14-16-30(36)17-15-28/h3-19,22,37H,20-21,23-25H2,1-2H3. The Hall–Kier alpha value is -4.36. The fourth-order valence-electron chi connectivity index (χ4n) is 5.05. The number of H-pyrrole nitrogens is 1. The quantitative estimate of drug-likeness (QED) is 0.174. The summed E-state index contributed by atoms with van der Waals surface area (Å²) in [6.07, 6.45) is 2.73. The molecule has 0 aliphatic rings. The summed E-state index contributed by atoms with van der Waals surface area (Å²) in [5.41, 5.74) is 5.91. The summed E-state index contributed by atoms with van der Waals surface area (Å²) in [5.74, 6) is -0.264. The molecule has 2 amide bonds. The van der Waals surface area contributed by atoms with Crippen LogP contribution in [-0.4, -0.2) is 53.8 Å². The van der Waals surface area contributed by atoms with E-state index in [9.17, 15) is 9.59 Å². The molecule has 1 heterocycles.